The first-order chi connectivity index (χ1) is 12.7. The Morgan fingerprint density at radius 2 is 1.56 bits per heavy atom. The molecule has 3 rings (SSSR count). The van der Waals surface area contributed by atoms with Gasteiger partial charge in [0, 0.05) is 26.2 Å². The summed E-state index contributed by atoms with van der Waals surface area (Å²) in [7, 11) is -4.38. The Hall–Kier alpha value is -2.10. The zero-order chi connectivity index (χ0) is 19.8. The Morgan fingerprint density at radius 1 is 0.963 bits per heavy atom. The van der Waals surface area contributed by atoms with Crippen molar-refractivity contribution in [3.05, 3.63) is 64.4 Å². The fourth-order valence-corrected chi connectivity index (χ4v) is 4.60. The number of benzene rings is 2. The van der Waals surface area contributed by atoms with Crippen molar-refractivity contribution in [2.45, 2.75) is 4.90 Å². The van der Waals surface area contributed by atoms with Crippen LogP contribution in [0, 0.1) is 17.5 Å². The molecular formula is C17H14ClF3N2O3S. The van der Waals surface area contributed by atoms with Crippen molar-refractivity contribution in [3.63, 3.8) is 0 Å². The van der Waals surface area contributed by atoms with E-state index in [4.69, 9.17) is 11.6 Å². The van der Waals surface area contributed by atoms with Crippen molar-refractivity contribution in [2.24, 2.45) is 0 Å². The molecule has 0 spiro atoms. The van der Waals surface area contributed by atoms with Gasteiger partial charge < -0.3 is 4.90 Å². The number of sulfonamides is 1. The second-order valence-electron chi connectivity index (χ2n) is 5.87. The van der Waals surface area contributed by atoms with Crippen molar-refractivity contribution in [2.75, 3.05) is 26.2 Å². The number of carbonyl (C=O) groups is 1. The highest BCUT2D eigenvalue weighted by Gasteiger charge is 2.34. The number of nitrogens with zero attached hydrogens (tertiary/aromatic N) is 2. The van der Waals surface area contributed by atoms with Crippen LogP contribution in [-0.2, 0) is 10.0 Å². The van der Waals surface area contributed by atoms with Crippen LogP contribution in [0.4, 0.5) is 13.2 Å². The highest BCUT2D eigenvalue weighted by atomic mass is 35.5. The maximum atomic E-state index is 13.8. The number of hydrogen-bond acceptors (Lipinski definition) is 3. The molecule has 0 saturated carbocycles. The number of amides is 1. The molecule has 2 aromatic rings. The minimum absolute atomic E-state index is 0.00183. The lowest BCUT2D eigenvalue weighted by Gasteiger charge is -2.34. The van der Waals surface area contributed by atoms with Gasteiger partial charge in [-0.25, -0.2) is 21.6 Å². The van der Waals surface area contributed by atoms with Gasteiger partial charge in [0.2, 0.25) is 10.0 Å². The first kappa shape index (κ1) is 19.7. The van der Waals surface area contributed by atoms with E-state index < -0.39 is 38.3 Å². The summed E-state index contributed by atoms with van der Waals surface area (Å²) in [6, 6.07) is 6.17. The molecule has 1 aliphatic rings. The SMILES string of the molecule is O=C(c1ccc(F)cc1Cl)N1CCN(S(=O)(=O)c2c(F)cccc2F)CC1. The van der Waals surface area contributed by atoms with E-state index >= 15 is 0 Å². The van der Waals surface area contributed by atoms with Crippen LogP contribution in [0.2, 0.25) is 5.02 Å². The minimum Gasteiger partial charge on any atom is -0.336 e. The summed E-state index contributed by atoms with van der Waals surface area (Å²) in [5.74, 6) is -3.41. The average Bonchev–Trinajstić information content (AvgIpc) is 2.61. The predicted molar refractivity (Wildman–Crippen MR) is 92.4 cm³/mol. The zero-order valence-corrected chi connectivity index (χ0v) is 15.4. The third kappa shape index (κ3) is 3.80. The van der Waals surface area contributed by atoms with E-state index in [0.29, 0.717) is 0 Å². The molecule has 0 radical (unpaired) electrons. The lowest BCUT2D eigenvalue weighted by Crippen LogP contribution is -2.50. The van der Waals surface area contributed by atoms with Gasteiger partial charge in [-0.15, -0.1) is 0 Å². The number of piperazine rings is 1. The van der Waals surface area contributed by atoms with Gasteiger partial charge in [-0.2, -0.15) is 4.31 Å². The third-order valence-corrected chi connectivity index (χ3v) is 6.47. The Morgan fingerprint density at radius 3 is 2.11 bits per heavy atom. The normalized spacial score (nSPS) is 15.8. The highest BCUT2D eigenvalue weighted by molar-refractivity contribution is 7.89. The van der Waals surface area contributed by atoms with Crippen LogP contribution in [0.3, 0.4) is 0 Å². The number of rotatable bonds is 3. The topological polar surface area (TPSA) is 57.7 Å². The van der Waals surface area contributed by atoms with Crippen molar-refractivity contribution >= 4 is 27.5 Å². The first-order valence-corrected chi connectivity index (χ1v) is 9.72. The molecule has 0 N–H and O–H groups in total. The summed E-state index contributed by atoms with van der Waals surface area (Å²) >= 11 is 5.88. The smallest absolute Gasteiger partial charge is 0.255 e. The summed E-state index contributed by atoms with van der Waals surface area (Å²) in [4.78, 5) is 12.8. The Balaban J connectivity index is 1.76. The summed E-state index contributed by atoms with van der Waals surface area (Å²) < 4.78 is 66.8. The fraction of sp³-hybridized carbons (Fsp3) is 0.235. The van der Waals surface area contributed by atoms with Gasteiger partial charge in [0.25, 0.3) is 5.91 Å². The van der Waals surface area contributed by atoms with E-state index in [9.17, 15) is 26.4 Å². The largest absolute Gasteiger partial charge is 0.336 e. The molecule has 0 bridgehead atoms. The minimum atomic E-state index is -4.38. The van der Waals surface area contributed by atoms with Gasteiger partial charge >= 0.3 is 0 Å². The van der Waals surface area contributed by atoms with Crippen LogP contribution >= 0.6 is 11.6 Å². The van der Waals surface area contributed by atoms with Gasteiger partial charge in [-0.05, 0) is 30.3 Å². The van der Waals surface area contributed by atoms with E-state index in [0.717, 1.165) is 34.6 Å². The highest BCUT2D eigenvalue weighted by Crippen LogP contribution is 2.25. The lowest BCUT2D eigenvalue weighted by molar-refractivity contribution is 0.0697. The molecule has 1 fully saturated rings. The van der Waals surface area contributed by atoms with Crippen molar-refractivity contribution < 1.29 is 26.4 Å². The van der Waals surface area contributed by atoms with Crippen LogP contribution < -0.4 is 0 Å². The van der Waals surface area contributed by atoms with Crippen LogP contribution in [0.25, 0.3) is 0 Å². The van der Waals surface area contributed by atoms with Crippen LogP contribution in [0.1, 0.15) is 10.4 Å². The molecule has 27 heavy (non-hydrogen) atoms. The second kappa shape index (κ2) is 7.49. The zero-order valence-electron chi connectivity index (χ0n) is 13.8. The van der Waals surface area contributed by atoms with E-state index in [1.807, 2.05) is 0 Å². The number of carbonyl (C=O) groups excluding carboxylic acids is 1. The van der Waals surface area contributed by atoms with Crippen molar-refractivity contribution in [1.82, 2.24) is 9.21 Å². The van der Waals surface area contributed by atoms with E-state index in [2.05, 4.69) is 0 Å². The summed E-state index contributed by atoms with van der Waals surface area (Å²) in [5.41, 5.74) is 0.0922. The van der Waals surface area contributed by atoms with Gasteiger partial charge in [0.15, 0.2) is 4.90 Å². The van der Waals surface area contributed by atoms with Gasteiger partial charge in [-0.1, -0.05) is 17.7 Å². The maximum absolute atomic E-state index is 13.8. The van der Waals surface area contributed by atoms with Crippen LogP contribution in [-0.4, -0.2) is 49.7 Å². The molecule has 0 aliphatic carbocycles. The van der Waals surface area contributed by atoms with E-state index in [-0.39, 0.29) is 36.8 Å². The van der Waals surface area contributed by atoms with Gasteiger partial charge in [0.05, 0.1) is 10.6 Å². The molecule has 10 heteroatoms. The number of hydrogen-bond donors (Lipinski definition) is 0. The van der Waals surface area contributed by atoms with Crippen molar-refractivity contribution in [1.29, 1.82) is 0 Å². The Bertz CT molecular complexity index is 973. The van der Waals surface area contributed by atoms with E-state index in [1.165, 1.54) is 11.0 Å². The number of halogens is 4. The maximum Gasteiger partial charge on any atom is 0.255 e. The Kier molecular flexibility index (Phi) is 5.45. The molecule has 144 valence electrons. The summed E-state index contributed by atoms with van der Waals surface area (Å²) in [5, 5.41) is -0.0523. The average molecular weight is 419 g/mol. The first-order valence-electron chi connectivity index (χ1n) is 7.90. The molecule has 5 nitrogen and oxygen atoms in total. The lowest BCUT2D eigenvalue weighted by atomic mass is 10.2. The fourth-order valence-electron chi connectivity index (χ4n) is 2.82. The summed E-state index contributed by atoms with van der Waals surface area (Å²) in [6.07, 6.45) is 0. The summed E-state index contributed by atoms with van der Waals surface area (Å²) in [6.45, 7) is -0.273. The monoisotopic (exact) mass is 418 g/mol. The van der Waals surface area contributed by atoms with Gasteiger partial charge in [0.1, 0.15) is 17.5 Å². The van der Waals surface area contributed by atoms with Gasteiger partial charge in [-0.3, -0.25) is 4.79 Å². The predicted octanol–water partition coefficient (Wildman–Crippen LogP) is 2.90. The van der Waals surface area contributed by atoms with Crippen molar-refractivity contribution in [3.8, 4) is 0 Å². The molecule has 1 heterocycles. The standard InChI is InChI=1S/C17H14ClF3N2O3S/c18-13-10-11(19)4-5-12(13)17(24)22-6-8-23(9-7-22)27(25,26)16-14(20)2-1-3-15(16)21/h1-5,10H,6-9H2. The van der Waals surface area contributed by atoms with Crippen LogP contribution in [0.5, 0.6) is 0 Å². The quantitative estimate of drug-likeness (QED) is 0.770. The van der Waals surface area contributed by atoms with Crippen LogP contribution in [0.15, 0.2) is 41.3 Å². The Labute approximate surface area is 159 Å². The molecule has 0 aromatic heterocycles. The third-order valence-electron chi connectivity index (χ3n) is 4.20. The molecule has 1 amide bonds. The molecule has 1 aliphatic heterocycles. The molecule has 0 unspecified atom stereocenters. The second-order valence-corrected chi connectivity index (χ2v) is 8.15. The molecule has 0 atom stereocenters. The van der Waals surface area contributed by atoms with E-state index in [1.54, 1.807) is 0 Å². The molecule has 2 aromatic carbocycles. The molecular weight excluding hydrogens is 405 g/mol. The molecule has 1 saturated heterocycles.